The topological polar surface area (TPSA) is 96.7 Å². The zero-order valence-corrected chi connectivity index (χ0v) is 15.6. The number of carbonyl (C=O) groups excluding carboxylic acids is 1. The van der Waals surface area contributed by atoms with E-state index in [1.165, 1.54) is 31.3 Å². The number of hydrogen-bond donors (Lipinski definition) is 2. The monoisotopic (exact) mass is 406 g/mol. The Bertz CT molecular complexity index is 910. The van der Waals surface area contributed by atoms with E-state index < -0.39 is 17.4 Å². The number of rotatable bonds is 7. The van der Waals surface area contributed by atoms with E-state index in [0.29, 0.717) is 30.9 Å². The second kappa shape index (κ2) is 8.72. The second-order valence-electron chi connectivity index (χ2n) is 6.49. The molecule has 0 saturated carbocycles. The van der Waals surface area contributed by atoms with Crippen LogP contribution in [-0.2, 0) is 0 Å². The van der Waals surface area contributed by atoms with E-state index in [4.69, 9.17) is 0 Å². The largest absolute Gasteiger partial charge is 0.433 e. The lowest BCUT2D eigenvalue weighted by Crippen LogP contribution is -2.28. The molecule has 0 radical (unpaired) electrons. The average Bonchev–Trinajstić information content (AvgIpc) is 3.15. The van der Waals surface area contributed by atoms with Crippen molar-refractivity contribution >= 4 is 23.0 Å². The molecular weight excluding hydrogens is 386 g/mol. The van der Waals surface area contributed by atoms with Gasteiger partial charge in [-0.1, -0.05) is 12.1 Å². The first-order valence-electron chi connectivity index (χ1n) is 8.95. The van der Waals surface area contributed by atoms with Crippen molar-refractivity contribution in [3.8, 4) is 5.75 Å². The van der Waals surface area contributed by atoms with Gasteiger partial charge < -0.3 is 20.3 Å². The lowest BCUT2D eigenvalue weighted by Gasteiger charge is -2.22. The van der Waals surface area contributed by atoms with Gasteiger partial charge in [-0.2, -0.15) is 8.78 Å². The number of nitrogens with one attached hydrogen (secondary N) is 2. The number of nitrogens with zero attached hydrogens (tertiary/aromatic N) is 2. The molecule has 1 atom stereocenters. The molecule has 1 saturated heterocycles. The molecule has 1 aliphatic rings. The summed E-state index contributed by atoms with van der Waals surface area (Å²) in [5, 5.41) is 16.7. The molecule has 2 aromatic rings. The third-order valence-corrected chi connectivity index (χ3v) is 4.66. The summed E-state index contributed by atoms with van der Waals surface area (Å²) in [6, 6.07) is 10.5. The number of halogens is 2. The van der Waals surface area contributed by atoms with Crippen molar-refractivity contribution < 1.29 is 23.2 Å². The predicted octanol–water partition coefficient (Wildman–Crippen LogP) is 3.25. The van der Waals surface area contributed by atoms with Gasteiger partial charge in [-0.15, -0.1) is 0 Å². The molecule has 1 unspecified atom stereocenters. The highest BCUT2D eigenvalue weighted by Gasteiger charge is 2.27. The molecule has 8 nitrogen and oxygen atoms in total. The summed E-state index contributed by atoms with van der Waals surface area (Å²) in [4.78, 5) is 24.5. The molecule has 1 fully saturated rings. The number of para-hydroxylation sites is 2. The molecule has 2 N–H and O–H groups in total. The third-order valence-electron chi connectivity index (χ3n) is 4.66. The molecule has 0 aromatic heterocycles. The van der Waals surface area contributed by atoms with Gasteiger partial charge in [0.25, 0.3) is 11.6 Å². The van der Waals surface area contributed by atoms with Gasteiger partial charge in [0.15, 0.2) is 0 Å². The molecule has 2 aromatic carbocycles. The summed E-state index contributed by atoms with van der Waals surface area (Å²) in [5.74, 6) is -0.341. The van der Waals surface area contributed by atoms with Gasteiger partial charge in [-0.3, -0.25) is 14.9 Å². The number of hydrogen-bond acceptors (Lipinski definition) is 6. The Labute approximate surface area is 165 Å². The van der Waals surface area contributed by atoms with E-state index in [2.05, 4.69) is 15.4 Å². The maximum atomic E-state index is 12.7. The number of nitro groups is 1. The van der Waals surface area contributed by atoms with Gasteiger partial charge in [-0.05, 0) is 24.6 Å². The Morgan fingerprint density at radius 2 is 2.07 bits per heavy atom. The van der Waals surface area contributed by atoms with E-state index in [1.54, 1.807) is 18.2 Å². The number of nitro benzene ring substituents is 1. The van der Waals surface area contributed by atoms with Crippen LogP contribution in [0.2, 0.25) is 0 Å². The molecule has 3 rings (SSSR count). The fourth-order valence-electron chi connectivity index (χ4n) is 3.33. The van der Waals surface area contributed by atoms with Gasteiger partial charge in [0.2, 0.25) is 0 Å². The smallest absolute Gasteiger partial charge is 0.387 e. The van der Waals surface area contributed by atoms with E-state index in [1.807, 2.05) is 4.90 Å². The normalized spacial score (nSPS) is 16.0. The lowest BCUT2D eigenvalue weighted by atomic mass is 10.1. The van der Waals surface area contributed by atoms with Gasteiger partial charge in [0.1, 0.15) is 5.75 Å². The Hall–Kier alpha value is -3.43. The zero-order chi connectivity index (χ0) is 21.0. The van der Waals surface area contributed by atoms with E-state index >= 15 is 0 Å². The first-order chi connectivity index (χ1) is 13.9. The predicted molar refractivity (Wildman–Crippen MR) is 104 cm³/mol. The van der Waals surface area contributed by atoms with Crippen molar-refractivity contribution in [3.63, 3.8) is 0 Å². The molecule has 154 valence electrons. The van der Waals surface area contributed by atoms with Crippen LogP contribution in [0.25, 0.3) is 0 Å². The fourth-order valence-corrected chi connectivity index (χ4v) is 3.33. The summed E-state index contributed by atoms with van der Waals surface area (Å²) in [6.45, 7) is -1.82. The van der Waals surface area contributed by atoms with Crippen LogP contribution in [0.15, 0.2) is 42.5 Å². The average molecular weight is 406 g/mol. The van der Waals surface area contributed by atoms with Crippen LogP contribution in [-0.4, -0.2) is 43.6 Å². The summed E-state index contributed by atoms with van der Waals surface area (Å²) in [7, 11) is 1.45. The first-order valence-corrected chi connectivity index (χ1v) is 8.95. The maximum absolute atomic E-state index is 12.7. The molecule has 10 heteroatoms. The number of non-ortho nitro benzene ring substituents is 1. The molecule has 1 amide bonds. The molecule has 0 bridgehead atoms. The molecular formula is C19H20F2N4O4. The minimum absolute atomic E-state index is 0.0838. The van der Waals surface area contributed by atoms with Crippen LogP contribution in [0.3, 0.4) is 0 Å². The molecule has 0 spiro atoms. The summed E-state index contributed by atoms with van der Waals surface area (Å²) >= 11 is 0. The summed E-state index contributed by atoms with van der Waals surface area (Å²) < 4.78 is 29.9. The van der Waals surface area contributed by atoms with Gasteiger partial charge in [0, 0.05) is 44.0 Å². The van der Waals surface area contributed by atoms with Gasteiger partial charge in [0.05, 0.1) is 16.2 Å². The number of alkyl halides is 2. The van der Waals surface area contributed by atoms with Crippen LogP contribution in [0.1, 0.15) is 16.8 Å². The van der Waals surface area contributed by atoms with Crippen LogP contribution >= 0.6 is 0 Å². The Balaban J connectivity index is 1.77. The highest BCUT2D eigenvalue weighted by molar-refractivity contribution is 6.00. The fraction of sp³-hybridized carbons (Fsp3) is 0.316. The molecule has 1 heterocycles. The van der Waals surface area contributed by atoms with Crippen LogP contribution < -0.4 is 20.3 Å². The van der Waals surface area contributed by atoms with Crippen molar-refractivity contribution in [3.05, 3.63) is 58.1 Å². The van der Waals surface area contributed by atoms with Crippen LogP contribution in [0.5, 0.6) is 5.75 Å². The minimum Gasteiger partial charge on any atom is -0.433 e. The highest BCUT2D eigenvalue weighted by Crippen LogP contribution is 2.33. The van der Waals surface area contributed by atoms with Crippen molar-refractivity contribution in [1.29, 1.82) is 0 Å². The van der Waals surface area contributed by atoms with E-state index in [0.717, 1.165) is 0 Å². The van der Waals surface area contributed by atoms with Crippen molar-refractivity contribution in [2.24, 2.45) is 0 Å². The summed E-state index contributed by atoms with van der Waals surface area (Å²) in [6.07, 6.45) is 0.688. The Morgan fingerprint density at radius 3 is 2.76 bits per heavy atom. The number of anilines is 2. The van der Waals surface area contributed by atoms with E-state index in [9.17, 15) is 23.7 Å². The van der Waals surface area contributed by atoms with Gasteiger partial charge in [-0.25, -0.2) is 0 Å². The SMILES string of the molecule is CNC(=O)c1cc([N+](=O)[O-])ccc1NC1CCN(c2ccccc2OC(F)F)C1. The van der Waals surface area contributed by atoms with Gasteiger partial charge >= 0.3 is 6.61 Å². The maximum Gasteiger partial charge on any atom is 0.387 e. The number of benzene rings is 2. The van der Waals surface area contributed by atoms with Crippen LogP contribution in [0, 0.1) is 10.1 Å². The lowest BCUT2D eigenvalue weighted by molar-refractivity contribution is -0.384. The zero-order valence-electron chi connectivity index (χ0n) is 15.6. The third kappa shape index (κ3) is 4.71. The summed E-state index contributed by atoms with van der Waals surface area (Å²) in [5.41, 5.74) is 1.02. The molecule has 1 aliphatic heterocycles. The Kier molecular flexibility index (Phi) is 6.10. The standard InChI is InChI=1S/C19H20F2N4O4/c1-22-18(26)14-10-13(25(27)28)6-7-15(14)23-12-8-9-24(11-12)16-4-2-3-5-17(16)29-19(20)21/h2-7,10,12,19,23H,8-9,11H2,1H3,(H,22,26). The number of amides is 1. The Morgan fingerprint density at radius 1 is 1.31 bits per heavy atom. The van der Waals surface area contributed by atoms with Crippen LogP contribution in [0.4, 0.5) is 25.8 Å². The molecule has 29 heavy (non-hydrogen) atoms. The number of carbonyl (C=O) groups is 1. The first kappa shape index (κ1) is 20.3. The van der Waals surface area contributed by atoms with Crippen molar-refractivity contribution in [2.75, 3.05) is 30.4 Å². The minimum atomic E-state index is -2.91. The van der Waals surface area contributed by atoms with Crippen molar-refractivity contribution in [2.45, 2.75) is 19.1 Å². The quantitative estimate of drug-likeness (QED) is 0.541. The van der Waals surface area contributed by atoms with Crippen molar-refractivity contribution in [1.82, 2.24) is 5.32 Å². The highest BCUT2D eigenvalue weighted by atomic mass is 19.3. The number of ether oxygens (including phenoxy) is 1. The second-order valence-corrected chi connectivity index (χ2v) is 6.49. The van der Waals surface area contributed by atoms with E-state index in [-0.39, 0.29) is 23.0 Å². The molecule has 0 aliphatic carbocycles.